The highest BCUT2D eigenvalue weighted by Gasteiger charge is 2.26. The zero-order valence-corrected chi connectivity index (χ0v) is 20.8. The SMILES string of the molecule is c1ccc2cc3nc4c(cc3cc2c1)CCc1cc2c(nc1-4)-c1nc3cc4ccccc4cc3cc1CC2. The van der Waals surface area contributed by atoms with Crippen molar-refractivity contribution in [3.63, 3.8) is 0 Å². The highest BCUT2D eigenvalue weighted by molar-refractivity contribution is 5.99. The Morgan fingerprint density at radius 2 is 0.711 bits per heavy atom. The van der Waals surface area contributed by atoms with Gasteiger partial charge in [-0.15, -0.1) is 0 Å². The van der Waals surface area contributed by atoms with Crippen molar-refractivity contribution < 1.29 is 0 Å². The molecule has 0 aliphatic heterocycles. The maximum Gasteiger partial charge on any atom is 0.0929 e. The molecule has 3 nitrogen and oxygen atoms in total. The molecule has 0 bridgehead atoms. The highest BCUT2D eigenvalue weighted by atomic mass is 14.8. The van der Waals surface area contributed by atoms with E-state index < -0.39 is 0 Å². The van der Waals surface area contributed by atoms with E-state index in [0.717, 1.165) is 59.5 Å². The third-order valence-electron chi connectivity index (χ3n) is 8.48. The van der Waals surface area contributed by atoms with Crippen LogP contribution >= 0.6 is 0 Å². The molecule has 38 heavy (non-hydrogen) atoms. The van der Waals surface area contributed by atoms with Crippen LogP contribution < -0.4 is 0 Å². The lowest BCUT2D eigenvalue weighted by molar-refractivity contribution is 0.878. The molecule has 3 aromatic heterocycles. The first-order valence-electron chi connectivity index (χ1n) is 13.5. The topological polar surface area (TPSA) is 38.7 Å². The molecule has 0 atom stereocenters. The van der Waals surface area contributed by atoms with E-state index in [1.165, 1.54) is 54.6 Å². The minimum absolute atomic E-state index is 1.01. The molecule has 178 valence electrons. The molecule has 0 N–H and O–H groups in total. The summed E-state index contributed by atoms with van der Waals surface area (Å²) in [5.41, 5.74) is 11.4. The minimum atomic E-state index is 1.01. The Morgan fingerprint density at radius 3 is 1.16 bits per heavy atom. The molecule has 3 heterocycles. The summed E-state index contributed by atoms with van der Waals surface area (Å²) in [5.74, 6) is 0. The third kappa shape index (κ3) is 2.93. The standard InChI is InChI=1S/C35H23N3/c1-3-7-22-18-30-28(13-20(22)5-1)16-26-11-9-24-15-25-10-12-27-17-29-14-21-6-2-4-8-23(21)19-31(29)37-33(27)35(25)38-34(24)32(26)36-30/h1-8,13-19H,9-12H2. The second kappa shape index (κ2) is 7.45. The fourth-order valence-electron chi connectivity index (χ4n) is 6.54. The van der Waals surface area contributed by atoms with Crippen molar-refractivity contribution in [2.75, 3.05) is 0 Å². The Bertz CT molecular complexity index is 1990. The van der Waals surface area contributed by atoms with Gasteiger partial charge >= 0.3 is 0 Å². The van der Waals surface area contributed by atoms with Crippen molar-refractivity contribution in [3.05, 3.63) is 113 Å². The van der Waals surface area contributed by atoms with Crippen LogP contribution in [0.2, 0.25) is 0 Å². The maximum absolute atomic E-state index is 5.35. The Kier molecular flexibility index (Phi) is 4.01. The zero-order chi connectivity index (χ0) is 24.8. The molecular formula is C35H23N3. The summed E-state index contributed by atoms with van der Waals surface area (Å²) in [7, 11) is 0. The first-order chi connectivity index (χ1) is 18.8. The molecule has 0 saturated heterocycles. The summed E-state index contributed by atoms with van der Waals surface area (Å²) in [6.07, 6.45) is 4.02. The van der Waals surface area contributed by atoms with Crippen molar-refractivity contribution in [2.24, 2.45) is 0 Å². The van der Waals surface area contributed by atoms with Crippen LogP contribution in [-0.2, 0) is 25.7 Å². The molecule has 9 rings (SSSR count). The first kappa shape index (κ1) is 20.4. The van der Waals surface area contributed by atoms with Crippen molar-refractivity contribution in [3.8, 4) is 22.8 Å². The highest BCUT2D eigenvalue weighted by Crippen LogP contribution is 2.40. The maximum atomic E-state index is 5.35. The van der Waals surface area contributed by atoms with Crippen LogP contribution in [0, 0.1) is 0 Å². The van der Waals surface area contributed by atoms with E-state index >= 15 is 0 Å². The van der Waals surface area contributed by atoms with Crippen LogP contribution in [0.3, 0.4) is 0 Å². The lowest BCUT2D eigenvalue weighted by Crippen LogP contribution is -2.14. The summed E-state index contributed by atoms with van der Waals surface area (Å²) in [6.45, 7) is 0. The second-order valence-corrected chi connectivity index (χ2v) is 10.8. The lowest BCUT2D eigenvalue weighted by atomic mass is 9.86. The molecule has 4 aromatic carbocycles. The van der Waals surface area contributed by atoms with Gasteiger partial charge < -0.3 is 0 Å². The molecule has 7 aromatic rings. The summed E-state index contributed by atoms with van der Waals surface area (Å²) < 4.78 is 0. The van der Waals surface area contributed by atoms with E-state index in [1.807, 2.05) is 0 Å². The fourth-order valence-corrected chi connectivity index (χ4v) is 6.54. The van der Waals surface area contributed by atoms with Gasteiger partial charge in [0.1, 0.15) is 0 Å². The number of aromatic nitrogens is 3. The Labute approximate surface area is 219 Å². The number of nitrogens with zero attached hydrogens (tertiary/aromatic N) is 3. The van der Waals surface area contributed by atoms with Crippen LogP contribution in [0.25, 0.3) is 66.1 Å². The van der Waals surface area contributed by atoms with E-state index in [9.17, 15) is 0 Å². The Morgan fingerprint density at radius 1 is 0.342 bits per heavy atom. The predicted molar refractivity (Wildman–Crippen MR) is 156 cm³/mol. The van der Waals surface area contributed by atoms with Crippen LogP contribution in [0.4, 0.5) is 0 Å². The number of benzene rings is 4. The molecule has 0 fully saturated rings. The van der Waals surface area contributed by atoms with Gasteiger partial charge in [-0.05, 0) is 106 Å². The van der Waals surface area contributed by atoms with Gasteiger partial charge in [0, 0.05) is 10.8 Å². The first-order valence-corrected chi connectivity index (χ1v) is 13.5. The average Bonchev–Trinajstić information content (AvgIpc) is 2.96. The molecule has 0 amide bonds. The quantitative estimate of drug-likeness (QED) is 0.204. The molecule has 3 heteroatoms. The van der Waals surface area contributed by atoms with Gasteiger partial charge in [-0.3, -0.25) is 0 Å². The third-order valence-corrected chi connectivity index (χ3v) is 8.48. The van der Waals surface area contributed by atoms with Crippen LogP contribution in [0.5, 0.6) is 0 Å². The lowest BCUT2D eigenvalue weighted by Gasteiger charge is -2.24. The Hall–Kier alpha value is -4.63. The molecule has 0 saturated carbocycles. The van der Waals surface area contributed by atoms with Gasteiger partial charge in [0.15, 0.2) is 0 Å². The van der Waals surface area contributed by atoms with E-state index in [4.69, 9.17) is 15.0 Å². The zero-order valence-electron chi connectivity index (χ0n) is 20.8. The van der Waals surface area contributed by atoms with Gasteiger partial charge in [0.25, 0.3) is 0 Å². The summed E-state index contributed by atoms with van der Waals surface area (Å²) >= 11 is 0. The molecule has 0 radical (unpaired) electrons. The number of hydrogen-bond acceptors (Lipinski definition) is 3. The molecular weight excluding hydrogens is 462 g/mol. The molecule has 2 aliphatic carbocycles. The van der Waals surface area contributed by atoms with Crippen LogP contribution in [-0.4, -0.2) is 15.0 Å². The van der Waals surface area contributed by atoms with E-state index in [-0.39, 0.29) is 0 Å². The fraction of sp³-hybridized carbons (Fsp3) is 0.114. The monoisotopic (exact) mass is 485 g/mol. The molecule has 0 spiro atoms. The predicted octanol–water partition coefficient (Wildman–Crippen LogP) is 8.02. The smallest absolute Gasteiger partial charge is 0.0929 e. The van der Waals surface area contributed by atoms with Gasteiger partial charge in [0.05, 0.1) is 33.8 Å². The number of aryl methyl sites for hydroxylation is 4. The largest absolute Gasteiger partial charge is 0.246 e. The van der Waals surface area contributed by atoms with E-state index in [2.05, 4.69) is 91.0 Å². The number of rotatable bonds is 0. The van der Waals surface area contributed by atoms with Crippen molar-refractivity contribution >= 4 is 43.4 Å². The van der Waals surface area contributed by atoms with Crippen LogP contribution in [0.15, 0.2) is 91.0 Å². The summed E-state index contributed by atoms with van der Waals surface area (Å²) in [6, 6.07) is 33.1. The molecule has 0 unspecified atom stereocenters. The average molecular weight is 486 g/mol. The van der Waals surface area contributed by atoms with E-state index in [1.54, 1.807) is 0 Å². The van der Waals surface area contributed by atoms with Gasteiger partial charge in [-0.2, -0.15) is 0 Å². The second-order valence-electron chi connectivity index (χ2n) is 10.8. The van der Waals surface area contributed by atoms with Crippen molar-refractivity contribution in [1.82, 2.24) is 15.0 Å². The minimum Gasteiger partial charge on any atom is -0.246 e. The van der Waals surface area contributed by atoms with Gasteiger partial charge in [-0.25, -0.2) is 15.0 Å². The van der Waals surface area contributed by atoms with Crippen molar-refractivity contribution in [2.45, 2.75) is 25.7 Å². The summed E-state index contributed by atoms with van der Waals surface area (Å²) in [5, 5.41) is 7.36. The van der Waals surface area contributed by atoms with Crippen LogP contribution in [0.1, 0.15) is 22.3 Å². The normalized spacial score (nSPS) is 13.9. The van der Waals surface area contributed by atoms with Gasteiger partial charge in [0.2, 0.25) is 0 Å². The van der Waals surface area contributed by atoms with Gasteiger partial charge in [-0.1, -0.05) is 54.6 Å². The Balaban J connectivity index is 1.25. The number of hydrogen-bond donors (Lipinski definition) is 0. The number of fused-ring (bicyclic) bond motifs is 10. The van der Waals surface area contributed by atoms with E-state index in [0.29, 0.717) is 0 Å². The summed E-state index contributed by atoms with van der Waals surface area (Å²) in [4.78, 5) is 15.8. The molecule has 2 aliphatic rings. The van der Waals surface area contributed by atoms with Crippen molar-refractivity contribution in [1.29, 1.82) is 0 Å². The number of pyridine rings is 3.